The number of hydrogen-bond acceptors (Lipinski definition) is 2. The van der Waals surface area contributed by atoms with Crippen LogP contribution in [0.25, 0.3) is 0 Å². The first-order valence-electron chi connectivity index (χ1n) is 5.28. The molecule has 0 aliphatic carbocycles. The normalized spacial score (nSPS) is 15.5. The van der Waals surface area contributed by atoms with Crippen molar-refractivity contribution in [2.24, 2.45) is 5.92 Å². The monoisotopic (exact) mass is 253 g/mol. The summed E-state index contributed by atoms with van der Waals surface area (Å²) >= 11 is 5.94. The number of hydrogen-bond donors (Lipinski definition) is 1. The van der Waals surface area contributed by atoms with Crippen molar-refractivity contribution in [2.45, 2.75) is 6.92 Å². The summed E-state index contributed by atoms with van der Waals surface area (Å²) in [5, 5.41) is 9.29. The van der Waals surface area contributed by atoms with Gasteiger partial charge in [0.1, 0.15) is 0 Å². The topological polar surface area (TPSA) is 57.6 Å². The Morgan fingerprint density at radius 3 is 2.65 bits per heavy atom. The fourth-order valence-electron chi connectivity index (χ4n) is 1.81. The zero-order valence-electron chi connectivity index (χ0n) is 9.31. The number of carboxylic acids is 1. The third-order valence-corrected chi connectivity index (χ3v) is 3.43. The highest BCUT2D eigenvalue weighted by molar-refractivity contribution is 6.31. The maximum Gasteiger partial charge on any atom is 0.310 e. The second-order valence-corrected chi connectivity index (χ2v) is 4.56. The number of likely N-dealkylation sites (tertiary alicyclic amines) is 1. The van der Waals surface area contributed by atoms with Gasteiger partial charge < -0.3 is 10.0 Å². The number of carbonyl (C=O) groups excluding carboxylic acids is 1. The summed E-state index contributed by atoms with van der Waals surface area (Å²) in [5.41, 5.74) is 1.28. The Labute approximate surface area is 104 Å². The Bertz CT molecular complexity index is 481. The summed E-state index contributed by atoms with van der Waals surface area (Å²) in [7, 11) is 0. The van der Waals surface area contributed by atoms with Crippen molar-refractivity contribution in [3.63, 3.8) is 0 Å². The van der Waals surface area contributed by atoms with E-state index in [1.54, 1.807) is 25.1 Å². The van der Waals surface area contributed by atoms with Crippen LogP contribution in [0.15, 0.2) is 18.2 Å². The molecule has 1 heterocycles. The van der Waals surface area contributed by atoms with Gasteiger partial charge in [0.05, 0.1) is 5.92 Å². The van der Waals surface area contributed by atoms with E-state index < -0.39 is 11.9 Å². The van der Waals surface area contributed by atoms with Crippen molar-refractivity contribution >= 4 is 23.5 Å². The van der Waals surface area contributed by atoms with Crippen molar-refractivity contribution in [3.8, 4) is 0 Å². The molecular formula is C12H12ClNO3. The molecule has 1 N–H and O–H groups in total. The second kappa shape index (κ2) is 4.37. The van der Waals surface area contributed by atoms with Crippen LogP contribution in [0.5, 0.6) is 0 Å². The molecule has 0 atom stereocenters. The molecule has 4 nitrogen and oxygen atoms in total. The van der Waals surface area contributed by atoms with Gasteiger partial charge in [-0.1, -0.05) is 17.7 Å². The van der Waals surface area contributed by atoms with Crippen molar-refractivity contribution in [2.75, 3.05) is 13.1 Å². The lowest BCUT2D eigenvalue weighted by molar-refractivity contribution is -0.146. The third-order valence-electron chi connectivity index (χ3n) is 3.02. The molecule has 0 aromatic heterocycles. The van der Waals surface area contributed by atoms with Crippen LogP contribution >= 0.6 is 11.6 Å². The first-order valence-corrected chi connectivity index (χ1v) is 5.65. The smallest absolute Gasteiger partial charge is 0.310 e. The molecule has 0 unspecified atom stereocenters. The predicted molar refractivity (Wildman–Crippen MR) is 63.2 cm³/mol. The number of amides is 1. The van der Waals surface area contributed by atoms with Crippen molar-refractivity contribution in [1.29, 1.82) is 0 Å². The number of halogens is 1. The minimum atomic E-state index is -0.850. The van der Waals surface area contributed by atoms with E-state index in [2.05, 4.69) is 0 Å². The molecule has 0 radical (unpaired) electrons. The van der Waals surface area contributed by atoms with Crippen molar-refractivity contribution in [3.05, 3.63) is 34.3 Å². The van der Waals surface area contributed by atoms with Crippen LogP contribution in [-0.4, -0.2) is 35.0 Å². The van der Waals surface area contributed by atoms with Crippen LogP contribution in [-0.2, 0) is 4.79 Å². The largest absolute Gasteiger partial charge is 0.481 e. The highest BCUT2D eigenvalue weighted by Gasteiger charge is 2.36. The SMILES string of the molecule is Cc1c(Cl)cccc1C(=O)N1CC(C(=O)O)C1. The minimum absolute atomic E-state index is 0.150. The number of carbonyl (C=O) groups is 2. The lowest BCUT2D eigenvalue weighted by atomic mass is 9.98. The quantitative estimate of drug-likeness (QED) is 0.875. The summed E-state index contributed by atoms with van der Waals surface area (Å²) in [6.45, 7) is 2.34. The van der Waals surface area contributed by atoms with Crippen LogP contribution in [0.1, 0.15) is 15.9 Å². The van der Waals surface area contributed by atoms with E-state index in [0.29, 0.717) is 10.6 Å². The highest BCUT2D eigenvalue weighted by atomic mass is 35.5. The number of aliphatic carboxylic acids is 1. The molecule has 1 aliphatic rings. The van der Waals surface area contributed by atoms with Crippen LogP contribution in [0.3, 0.4) is 0 Å². The van der Waals surface area contributed by atoms with Crippen LogP contribution in [0.4, 0.5) is 0 Å². The van der Waals surface area contributed by atoms with E-state index >= 15 is 0 Å². The highest BCUT2D eigenvalue weighted by Crippen LogP contribution is 2.24. The molecule has 2 rings (SSSR count). The van der Waals surface area contributed by atoms with Crippen LogP contribution in [0, 0.1) is 12.8 Å². The molecule has 1 fully saturated rings. The summed E-state index contributed by atoms with van der Waals surface area (Å²) in [6, 6.07) is 5.15. The molecule has 17 heavy (non-hydrogen) atoms. The molecule has 1 aromatic rings. The zero-order chi connectivity index (χ0) is 12.6. The van der Waals surface area contributed by atoms with Gasteiger partial charge in [0.25, 0.3) is 5.91 Å². The molecule has 0 bridgehead atoms. The van der Waals surface area contributed by atoms with Crippen molar-refractivity contribution < 1.29 is 14.7 Å². The minimum Gasteiger partial charge on any atom is -0.481 e. The Morgan fingerprint density at radius 2 is 2.06 bits per heavy atom. The Balaban J connectivity index is 2.12. The average molecular weight is 254 g/mol. The molecule has 5 heteroatoms. The van der Waals surface area contributed by atoms with Gasteiger partial charge in [-0.15, -0.1) is 0 Å². The fourth-order valence-corrected chi connectivity index (χ4v) is 1.98. The molecule has 1 amide bonds. The lowest BCUT2D eigenvalue weighted by Crippen LogP contribution is -2.53. The Hall–Kier alpha value is -1.55. The van der Waals surface area contributed by atoms with E-state index in [0.717, 1.165) is 5.56 Å². The summed E-state index contributed by atoms with van der Waals surface area (Å²) in [5.74, 6) is -1.43. The maximum absolute atomic E-state index is 12.0. The Kier molecular flexibility index (Phi) is 3.07. The van der Waals surface area contributed by atoms with Crippen LogP contribution < -0.4 is 0 Å². The zero-order valence-corrected chi connectivity index (χ0v) is 10.1. The van der Waals surface area contributed by atoms with E-state index in [1.165, 1.54) is 4.90 Å². The Morgan fingerprint density at radius 1 is 1.41 bits per heavy atom. The number of nitrogens with zero attached hydrogens (tertiary/aromatic N) is 1. The molecule has 0 spiro atoms. The first-order chi connectivity index (χ1) is 8.00. The molecular weight excluding hydrogens is 242 g/mol. The van der Waals surface area contributed by atoms with Gasteiger partial charge in [0, 0.05) is 23.7 Å². The van der Waals surface area contributed by atoms with E-state index in [4.69, 9.17) is 16.7 Å². The average Bonchev–Trinajstić information content (AvgIpc) is 2.19. The standard InChI is InChI=1S/C12H12ClNO3/c1-7-9(3-2-4-10(7)13)11(15)14-5-8(6-14)12(16)17/h2-4,8H,5-6H2,1H3,(H,16,17). The fraction of sp³-hybridized carbons (Fsp3) is 0.333. The van der Waals surface area contributed by atoms with Crippen LogP contribution in [0.2, 0.25) is 5.02 Å². The maximum atomic E-state index is 12.0. The van der Waals surface area contributed by atoms with E-state index in [9.17, 15) is 9.59 Å². The molecule has 1 aromatic carbocycles. The number of rotatable bonds is 2. The molecule has 0 saturated carbocycles. The molecule has 1 aliphatic heterocycles. The van der Waals surface area contributed by atoms with Gasteiger partial charge in [-0.25, -0.2) is 0 Å². The summed E-state index contributed by atoms with van der Waals surface area (Å²) < 4.78 is 0. The molecule has 90 valence electrons. The predicted octanol–water partition coefficient (Wildman–Crippen LogP) is 1.81. The van der Waals surface area contributed by atoms with Gasteiger partial charge in [-0.05, 0) is 24.6 Å². The summed E-state index contributed by atoms with van der Waals surface area (Å²) in [6.07, 6.45) is 0. The lowest BCUT2D eigenvalue weighted by Gasteiger charge is -2.37. The van der Waals surface area contributed by atoms with Gasteiger partial charge in [0.15, 0.2) is 0 Å². The van der Waals surface area contributed by atoms with E-state index in [1.807, 2.05) is 0 Å². The van der Waals surface area contributed by atoms with E-state index in [-0.39, 0.29) is 19.0 Å². The number of carboxylic acid groups (broad SMARTS) is 1. The van der Waals surface area contributed by atoms with Crippen molar-refractivity contribution in [1.82, 2.24) is 4.90 Å². The molecule has 1 saturated heterocycles. The van der Waals surface area contributed by atoms with Gasteiger partial charge in [0.2, 0.25) is 0 Å². The van der Waals surface area contributed by atoms with Gasteiger partial charge in [-0.2, -0.15) is 0 Å². The van der Waals surface area contributed by atoms with Gasteiger partial charge in [-0.3, -0.25) is 9.59 Å². The summed E-state index contributed by atoms with van der Waals surface area (Å²) in [4.78, 5) is 24.2. The first kappa shape index (κ1) is 11.9. The van der Waals surface area contributed by atoms with Gasteiger partial charge >= 0.3 is 5.97 Å². The number of benzene rings is 1. The second-order valence-electron chi connectivity index (χ2n) is 4.16. The third kappa shape index (κ3) is 2.13.